The van der Waals surface area contributed by atoms with E-state index in [1.54, 1.807) is 0 Å². The average molecular weight is 651 g/mol. The van der Waals surface area contributed by atoms with E-state index in [0.29, 0.717) is 17.5 Å². The molecule has 1 aliphatic heterocycles. The van der Waals surface area contributed by atoms with Crippen LogP contribution in [0.3, 0.4) is 0 Å². The van der Waals surface area contributed by atoms with Gasteiger partial charge in [0, 0.05) is 13.8 Å². The predicted octanol–water partition coefficient (Wildman–Crippen LogP) is -0.718. The number of ether oxygens (including phenoxy) is 3. The number of phosphoric ester groups is 1. The molecule has 1 aliphatic rings. The number of rotatable bonds is 12. The number of hydrogen-bond donors (Lipinski definition) is 5. The van der Waals surface area contributed by atoms with Crippen LogP contribution in [-0.4, -0.2) is 86.6 Å². The number of esters is 2. The van der Waals surface area contributed by atoms with E-state index in [1.807, 2.05) is 6.92 Å². The molecule has 0 spiro atoms. The number of aryl methyl sites for hydroxylation is 1. The minimum absolute atomic E-state index is 0.0432. The number of hydrogen-bond acceptors (Lipinski definition) is 16. The molecule has 0 aromatic carbocycles. The van der Waals surface area contributed by atoms with E-state index in [-0.39, 0.29) is 16.1 Å². The minimum atomic E-state index is -5.86. The average Bonchev–Trinajstić information content (AvgIpc) is 3.27. The molecule has 0 radical (unpaired) electrons. The molecule has 1 fully saturated rings. The molecule has 22 nitrogen and oxygen atoms in total. The molecule has 2 aromatic rings. The Labute approximate surface area is 228 Å². The second-order valence-electron chi connectivity index (χ2n) is 8.22. The van der Waals surface area contributed by atoms with E-state index in [1.165, 1.54) is 0 Å². The summed E-state index contributed by atoms with van der Waals surface area (Å²) in [6.45, 7) is 2.57. The lowest BCUT2D eigenvalue weighted by Crippen LogP contribution is -2.42. The van der Waals surface area contributed by atoms with Gasteiger partial charge < -0.3 is 39.0 Å². The number of carbonyl (C=O) groups is 2. The van der Waals surface area contributed by atoms with Crippen LogP contribution < -0.4 is 5.56 Å². The van der Waals surface area contributed by atoms with Crippen LogP contribution in [0.2, 0.25) is 0 Å². The molecular formula is C16H24N5O17P3. The summed E-state index contributed by atoms with van der Waals surface area (Å²) in [5, 5.41) is 21.6. The molecule has 6 unspecified atom stereocenters. The molecule has 0 aliphatic carbocycles. The van der Waals surface area contributed by atoms with Crippen molar-refractivity contribution in [2.24, 2.45) is 0 Å². The van der Waals surface area contributed by atoms with E-state index in [4.69, 9.17) is 24.0 Å². The zero-order valence-corrected chi connectivity index (χ0v) is 23.8. The Hall–Kier alpha value is -2.61. The molecule has 41 heavy (non-hydrogen) atoms. The van der Waals surface area contributed by atoms with Gasteiger partial charge in [0.1, 0.15) is 11.6 Å². The molecule has 0 bridgehead atoms. The molecular weight excluding hydrogens is 627 g/mol. The molecule has 3 rings (SSSR count). The Kier molecular flexibility index (Phi) is 9.89. The SMILES string of the molecule is CCCc1nn(O)c2c(=O)n(C3OC(COP(=O)(O)OP(=O)(O)OP(=O)(O)O)C(OC(C)=O)C3OC(C)=O)nnc12. The topological polar surface area (TPSA) is 307 Å². The zero-order chi connectivity index (χ0) is 30.9. The van der Waals surface area contributed by atoms with Crippen molar-refractivity contribution in [2.75, 3.05) is 6.61 Å². The van der Waals surface area contributed by atoms with E-state index in [2.05, 4.69) is 28.6 Å². The first kappa shape index (κ1) is 32.9. The normalized spacial score (nSPS) is 24.1. The Morgan fingerprint density at radius 3 is 2.17 bits per heavy atom. The Morgan fingerprint density at radius 2 is 1.61 bits per heavy atom. The summed E-state index contributed by atoms with van der Waals surface area (Å²) < 4.78 is 62.8. The highest BCUT2D eigenvalue weighted by Gasteiger charge is 2.52. The second kappa shape index (κ2) is 12.3. The van der Waals surface area contributed by atoms with Gasteiger partial charge in [0.05, 0.1) is 12.3 Å². The van der Waals surface area contributed by atoms with Crippen LogP contribution >= 0.6 is 23.5 Å². The fourth-order valence-corrected chi connectivity index (χ4v) is 6.74. The first-order valence-electron chi connectivity index (χ1n) is 11.2. The van der Waals surface area contributed by atoms with Crippen LogP contribution in [0, 0.1) is 0 Å². The lowest BCUT2D eigenvalue weighted by molar-refractivity contribution is -0.166. The first-order chi connectivity index (χ1) is 18.8. The standard InChI is InChI=1S/C16H24N5O17P3/c1-4-5-9-11-12(21(25)18-9)15(24)20(19-17-11)16-14(35-8(3)23)13(34-7(2)22)10(36-16)6-33-40(29,30)38-41(31,32)37-39(26,27)28/h10,13-14,16,25H,4-6H2,1-3H3,(H,29,30)(H,31,32)(H2,26,27,28). The van der Waals surface area contributed by atoms with Gasteiger partial charge in [-0.15, -0.1) is 10.2 Å². The van der Waals surface area contributed by atoms with E-state index in [0.717, 1.165) is 13.8 Å². The number of phosphoric acid groups is 3. The Balaban J connectivity index is 1.97. The van der Waals surface area contributed by atoms with Gasteiger partial charge in [0.2, 0.25) is 0 Å². The summed E-state index contributed by atoms with van der Waals surface area (Å²) >= 11 is 0. The summed E-state index contributed by atoms with van der Waals surface area (Å²) in [6.07, 6.45) is -5.88. The zero-order valence-electron chi connectivity index (χ0n) is 21.1. The second-order valence-corrected chi connectivity index (χ2v) is 12.6. The maximum atomic E-state index is 13.2. The fourth-order valence-electron chi connectivity index (χ4n) is 3.71. The van der Waals surface area contributed by atoms with Crippen molar-refractivity contribution in [3.05, 3.63) is 16.0 Å². The van der Waals surface area contributed by atoms with Crippen molar-refractivity contribution in [1.29, 1.82) is 0 Å². The maximum Gasteiger partial charge on any atom is 0.490 e. The Morgan fingerprint density at radius 1 is 1.00 bits per heavy atom. The molecule has 6 atom stereocenters. The summed E-state index contributed by atoms with van der Waals surface area (Å²) in [7, 11) is -17.2. The van der Waals surface area contributed by atoms with Gasteiger partial charge in [0.25, 0.3) is 0 Å². The van der Waals surface area contributed by atoms with Crippen molar-refractivity contribution in [1.82, 2.24) is 24.9 Å². The fraction of sp³-hybridized carbons (Fsp3) is 0.625. The van der Waals surface area contributed by atoms with Gasteiger partial charge in [-0.1, -0.05) is 23.4 Å². The number of nitrogens with zero attached hydrogens (tertiary/aromatic N) is 5. The molecule has 1 saturated heterocycles. The van der Waals surface area contributed by atoms with Crippen LogP contribution in [0.5, 0.6) is 0 Å². The maximum absolute atomic E-state index is 13.2. The lowest BCUT2D eigenvalue weighted by atomic mass is 10.1. The minimum Gasteiger partial charge on any atom is -0.456 e. The third-order valence-electron chi connectivity index (χ3n) is 5.00. The molecule has 0 saturated carbocycles. The van der Waals surface area contributed by atoms with Crippen molar-refractivity contribution < 1.29 is 75.4 Å². The summed E-state index contributed by atoms with van der Waals surface area (Å²) in [5.41, 5.74) is -1.28. The smallest absolute Gasteiger partial charge is 0.456 e. The van der Waals surface area contributed by atoms with E-state index >= 15 is 0 Å². The lowest BCUT2D eigenvalue weighted by Gasteiger charge is -2.23. The quantitative estimate of drug-likeness (QED) is 0.107. The molecule has 3 heterocycles. The molecule has 25 heteroatoms. The number of aromatic nitrogens is 5. The van der Waals surface area contributed by atoms with Crippen LogP contribution in [-0.2, 0) is 57.1 Å². The first-order valence-corrected chi connectivity index (χ1v) is 15.7. The summed E-state index contributed by atoms with van der Waals surface area (Å²) in [5.74, 6) is -1.94. The van der Waals surface area contributed by atoms with Gasteiger partial charge in [-0.2, -0.15) is 13.3 Å². The van der Waals surface area contributed by atoms with Crippen molar-refractivity contribution in [3.8, 4) is 0 Å². The molecule has 230 valence electrons. The molecule has 2 aromatic heterocycles. The molecule has 5 N–H and O–H groups in total. The summed E-state index contributed by atoms with van der Waals surface area (Å²) in [6, 6.07) is 0. The monoisotopic (exact) mass is 651 g/mol. The van der Waals surface area contributed by atoms with Gasteiger partial charge in [-0.05, 0) is 6.42 Å². The van der Waals surface area contributed by atoms with E-state index in [9.17, 15) is 43.1 Å². The van der Waals surface area contributed by atoms with Gasteiger partial charge in [-0.25, -0.2) is 13.7 Å². The number of fused-ring (bicyclic) bond motifs is 1. The van der Waals surface area contributed by atoms with Crippen molar-refractivity contribution in [2.45, 2.75) is 58.2 Å². The third-order valence-corrected chi connectivity index (χ3v) is 8.80. The highest BCUT2D eigenvalue weighted by molar-refractivity contribution is 7.66. The van der Waals surface area contributed by atoms with Gasteiger partial charge in [-0.3, -0.25) is 18.9 Å². The van der Waals surface area contributed by atoms with Crippen molar-refractivity contribution >= 4 is 46.4 Å². The van der Waals surface area contributed by atoms with Crippen LogP contribution in [0.25, 0.3) is 11.0 Å². The van der Waals surface area contributed by atoms with Crippen LogP contribution in [0.4, 0.5) is 0 Å². The van der Waals surface area contributed by atoms with Crippen LogP contribution in [0.1, 0.15) is 39.1 Å². The molecule has 0 amide bonds. The van der Waals surface area contributed by atoms with Gasteiger partial charge in [0.15, 0.2) is 24.0 Å². The van der Waals surface area contributed by atoms with E-state index < -0.39 is 77.6 Å². The number of carbonyl (C=O) groups excluding carboxylic acids is 2. The van der Waals surface area contributed by atoms with Crippen molar-refractivity contribution in [3.63, 3.8) is 0 Å². The van der Waals surface area contributed by atoms with Crippen LogP contribution in [0.15, 0.2) is 4.79 Å². The third kappa shape index (κ3) is 8.24. The predicted molar refractivity (Wildman–Crippen MR) is 126 cm³/mol. The highest BCUT2D eigenvalue weighted by Crippen LogP contribution is 2.66. The Bertz CT molecular complexity index is 1520. The van der Waals surface area contributed by atoms with Gasteiger partial charge >= 0.3 is 41.0 Å². The summed E-state index contributed by atoms with van der Waals surface area (Å²) in [4.78, 5) is 73.6. The largest absolute Gasteiger partial charge is 0.490 e. The highest BCUT2D eigenvalue weighted by atomic mass is 31.3.